The first-order chi connectivity index (χ1) is 13.6. The van der Waals surface area contributed by atoms with Gasteiger partial charge in [0.05, 0.1) is 15.2 Å². The highest BCUT2D eigenvalue weighted by Gasteiger charge is 2.07. The monoisotopic (exact) mass is 394 g/mol. The van der Waals surface area contributed by atoms with Crippen LogP contribution in [0.5, 0.6) is 0 Å². The quantitative estimate of drug-likeness (QED) is 0.490. The van der Waals surface area contributed by atoms with Gasteiger partial charge in [0.15, 0.2) is 0 Å². The second-order valence-electron chi connectivity index (χ2n) is 6.18. The standard InChI is InChI=1S/C21H22N4O2S/c1-2-14-22-21(27)24-16-12-10-15(11-13-16)23-19(26)8-5-9-20-25-17-6-3-4-7-18(17)28-20/h2-4,6-7,10-13H,1,5,8-9,14H2,(H,23,26)(H2,22,24,27). The lowest BCUT2D eigenvalue weighted by molar-refractivity contribution is -0.116. The summed E-state index contributed by atoms with van der Waals surface area (Å²) in [5.41, 5.74) is 2.36. The number of nitrogens with one attached hydrogen (secondary N) is 3. The SMILES string of the molecule is C=CCNC(=O)Nc1ccc(NC(=O)CCCc2nc3ccccc3s2)cc1. The number of para-hydroxylation sites is 1. The average molecular weight is 394 g/mol. The Kier molecular flexibility index (Phi) is 6.75. The van der Waals surface area contributed by atoms with Gasteiger partial charge >= 0.3 is 6.03 Å². The minimum Gasteiger partial charge on any atom is -0.334 e. The van der Waals surface area contributed by atoms with Gasteiger partial charge in [-0.25, -0.2) is 9.78 Å². The molecule has 0 radical (unpaired) electrons. The van der Waals surface area contributed by atoms with Crippen molar-refractivity contribution in [1.82, 2.24) is 10.3 Å². The lowest BCUT2D eigenvalue weighted by atomic mass is 10.2. The number of nitrogens with zero attached hydrogens (tertiary/aromatic N) is 1. The number of benzene rings is 2. The molecule has 0 fully saturated rings. The number of urea groups is 1. The van der Waals surface area contributed by atoms with E-state index >= 15 is 0 Å². The van der Waals surface area contributed by atoms with Crippen molar-refractivity contribution in [3.63, 3.8) is 0 Å². The van der Waals surface area contributed by atoms with Gasteiger partial charge in [-0.15, -0.1) is 17.9 Å². The topological polar surface area (TPSA) is 83.1 Å². The van der Waals surface area contributed by atoms with Gasteiger partial charge in [-0.2, -0.15) is 0 Å². The lowest BCUT2D eigenvalue weighted by Gasteiger charge is -2.08. The highest BCUT2D eigenvalue weighted by atomic mass is 32.1. The summed E-state index contributed by atoms with van der Waals surface area (Å²) in [7, 11) is 0. The summed E-state index contributed by atoms with van der Waals surface area (Å²) < 4.78 is 1.17. The van der Waals surface area contributed by atoms with Crippen LogP contribution in [0, 0.1) is 0 Å². The molecule has 3 N–H and O–H groups in total. The Balaban J connectivity index is 1.42. The maximum absolute atomic E-state index is 12.1. The minimum absolute atomic E-state index is 0.0365. The third-order valence-corrected chi connectivity index (χ3v) is 5.06. The van der Waals surface area contributed by atoms with E-state index in [1.807, 2.05) is 18.2 Å². The van der Waals surface area contributed by atoms with Crippen LogP contribution >= 0.6 is 11.3 Å². The van der Waals surface area contributed by atoms with Crippen LogP contribution < -0.4 is 16.0 Å². The molecule has 0 bridgehead atoms. The molecule has 0 aliphatic carbocycles. The first kappa shape index (κ1) is 19.6. The van der Waals surface area contributed by atoms with Gasteiger partial charge < -0.3 is 16.0 Å². The van der Waals surface area contributed by atoms with Crippen LogP contribution in [0.3, 0.4) is 0 Å². The minimum atomic E-state index is -0.300. The van der Waals surface area contributed by atoms with Crippen molar-refractivity contribution in [2.45, 2.75) is 19.3 Å². The predicted molar refractivity (Wildman–Crippen MR) is 115 cm³/mol. The Labute approximate surface area is 167 Å². The molecule has 7 heteroatoms. The summed E-state index contributed by atoms with van der Waals surface area (Å²) in [6, 6.07) is 14.7. The van der Waals surface area contributed by atoms with Crippen LogP contribution in [-0.2, 0) is 11.2 Å². The van der Waals surface area contributed by atoms with Gasteiger partial charge in [-0.3, -0.25) is 4.79 Å². The second kappa shape index (κ2) is 9.66. The number of amides is 3. The van der Waals surface area contributed by atoms with Crippen LogP contribution in [0.15, 0.2) is 61.2 Å². The van der Waals surface area contributed by atoms with Crippen LogP contribution in [0.4, 0.5) is 16.2 Å². The lowest BCUT2D eigenvalue weighted by Crippen LogP contribution is -2.28. The molecule has 0 saturated heterocycles. The fourth-order valence-electron chi connectivity index (χ4n) is 2.63. The Morgan fingerprint density at radius 2 is 1.75 bits per heavy atom. The van der Waals surface area contributed by atoms with Gasteiger partial charge in [0.25, 0.3) is 0 Å². The van der Waals surface area contributed by atoms with Crippen molar-refractivity contribution in [2.75, 3.05) is 17.2 Å². The van der Waals surface area contributed by atoms with Crippen molar-refractivity contribution in [2.24, 2.45) is 0 Å². The zero-order chi connectivity index (χ0) is 19.8. The third kappa shape index (κ3) is 5.65. The Bertz CT molecular complexity index is 933. The van der Waals surface area contributed by atoms with Gasteiger partial charge in [-0.1, -0.05) is 18.2 Å². The number of aryl methyl sites for hydroxylation is 1. The number of hydrogen-bond acceptors (Lipinski definition) is 4. The molecule has 0 spiro atoms. The molecular weight excluding hydrogens is 372 g/mol. The largest absolute Gasteiger partial charge is 0.334 e. The first-order valence-corrected chi connectivity index (χ1v) is 9.86. The maximum atomic E-state index is 12.1. The summed E-state index contributed by atoms with van der Waals surface area (Å²) in [6.07, 6.45) is 3.57. The molecule has 0 aliphatic rings. The van der Waals surface area contributed by atoms with E-state index in [2.05, 4.69) is 33.6 Å². The van der Waals surface area contributed by atoms with E-state index in [4.69, 9.17) is 0 Å². The molecule has 144 valence electrons. The second-order valence-corrected chi connectivity index (χ2v) is 7.29. The van der Waals surface area contributed by atoms with Crippen LogP contribution in [-0.4, -0.2) is 23.5 Å². The van der Waals surface area contributed by atoms with Crippen molar-refractivity contribution in [1.29, 1.82) is 0 Å². The smallest absolute Gasteiger partial charge is 0.319 e. The summed E-state index contributed by atoms with van der Waals surface area (Å²) in [4.78, 5) is 28.3. The fourth-order valence-corrected chi connectivity index (χ4v) is 3.64. The average Bonchev–Trinajstić information content (AvgIpc) is 3.10. The van der Waals surface area contributed by atoms with Crippen LogP contribution in [0.1, 0.15) is 17.8 Å². The first-order valence-electron chi connectivity index (χ1n) is 9.04. The van der Waals surface area contributed by atoms with Crippen LogP contribution in [0.25, 0.3) is 10.2 Å². The zero-order valence-electron chi connectivity index (χ0n) is 15.4. The molecule has 3 rings (SSSR count). The Hall–Kier alpha value is -3.19. The molecule has 6 nitrogen and oxygen atoms in total. The number of carbonyl (C=O) groups excluding carboxylic acids is 2. The van der Waals surface area contributed by atoms with E-state index in [0.29, 0.717) is 24.3 Å². The normalized spacial score (nSPS) is 10.4. The molecule has 0 unspecified atom stereocenters. The summed E-state index contributed by atoms with van der Waals surface area (Å²) >= 11 is 1.68. The molecule has 1 aromatic heterocycles. The molecule has 0 saturated carbocycles. The highest BCUT2D eigenvalue weighted by Crippen LogP contribution is 2.22. The van der Waals surface area contributed by atoms with Gasteiger partial charge in [0.1, 0.15) is 0 Å². The Morgan fingerprint density at radius 1 is 1.04 bits per heavy atom. The summed E-state index contributed by atoms with van der Waals surface area (Å²) in [5.74, 6) is -0.0365. The third-order valence-electron chi connectivity index (χ3n) is 3.97. The van der Waals surface area contributed by atoms with Gasteiger partial charge in [-0.05, 0) is 49.2 Å². The summed E-state index contributed by atoms with van der Waals surface area (Å²) in [6.45, 7) is 3.94. The number of thiazole rings is 1. The van der Waals surface area contributed by atoms with E-state index in [1.165, 1.54) is 4.70 Å². The predicted octanol–water partition coefficient (Wildman–Crippen LogP) is 4.57. The van der Waals surface area contributed by atoms with E-state index in [-0.39, 0.29) is 11.9 Å². The maximum Gasteiger partial charge on any atom is 0.319 e. The fraction of sp³-hybridized carbons (Fsp3) is 0.190. The number of rotatable bonds is 8. The van der Waals surface area contributed by atoms with E-state index in [1.54, 1.807) is 41.7 Å². The van der Waals surface area contributed by atoms with Crippen LogP contribution in [0.2, 0.25) is 0 Å². The molecule has 3 amide bonds. The van der Waals surface area contributed by atoms with Crippen molar-refractivity contribution in [3.8, 4) is 0 Å². The van der Waals surface area contributed by atoms with Gasteiger partial charge in [0, 0.05) is 24.3 Å². The molecule has 1 heterocycles. The number of fused-ring (bicyclic) bond motifs is 1. The number of carbonyl (C=O) groups is 2. The number of aromatic nitrogens is 1. The van der Waals surface area contributed by atoms with E-state index < -0.39 is 0 Å². The van der Waals surface area contributed by atoms with Crippen molar-refractivity contribution in [3.05, 3.63) is 66.2 Å². The number of hydrogen-bond donors (Lipinski definition) is 3. The molecule has 3 aromatic rings. The molecule has 28 heavy (non-hydrogen) atoms. The van der Waals surface area contributed by atoms with E-state index in [0.717, 1.165) is 23.4 Å². The van der Waals surface area contributed by atoms with Crippen molar-refractivity contribution < 1.29 is 9.59 Å². The van der Waals surface area contributed by atoms with Crippen molar-refractivity contribution >= 4 is 44.9 Å². The Morgan fingerprint density at radius 3 is 2.46 bits per heavy atom. The summed E-state index contributed by atoms with van der Waals surface area (Å²) in [5, 5.41) is 9.26. The number of anilines is 2. The molecular formula is C21H22N4O2S. The van der Waals surface area contributed by atoms with E-state index in [9.17, 15) is 9.59 Å². The molecule has 0 atom stereocenters. The molecule has 2 aromatic carbocycles. The van der Waals surface area contributed by atoms with Gasteiger partial charge in [0.2, 0.25) is 5.91 Å². The zero-order valence-corrected chi connectivity index (χ0v) is 16.2. The highest BCUT2D eigenvalue weighted by molar-refractivity contribution is 7.18. The molecule has 0 aliphatic heterocycles.